The Bertz CT molecular complexity index is 1580. The predicted molar refractivity (Wildman–Crippen MR) is 213 cm³/mol. The van der Waals surface area contributed by atoms with Crippen molar-refractivity contribution in [3.63, 3.8) is 0 Å². The van der Waals surface area contributed by atoms with Gasteiger partial charge in [-0.1, -0.05) is 25.1 Å². The lowest BCUT2D eigenvalue weighted by Gasteiger charge is -2.43. The molecule has 4 aliphatic heterocycles. The van der Waals surface area contributed by atoms with Crippen LogP contribution in [0.1, 0.15) is 50.2 Å². The largest absolute Gasteiger partial charge is 0.506 e. The zero-order valence-electron chi connectivity index (χ0n) is 31.6. The van der Waals surface area contributed by atoms with E-state index in [1.807, 2.05) is 47.1 Å². The summed E-state index contributed by atoms with van der Waals surface area (Å²) in [6.07, 6.45) is 5.46. The number of phenolic OH excluding ortho intramolecular Hbond substituents is 1. The third kappa shape index (κ3) is 11.1. The Morgan fingerprint density at radius 1 is 0.852 bits per heavy atom. The van der Waals surface area contributed by atoms with Gasteiger partial charge >= 0.3 is 18.1 Å². The number of nitrogens with one attached hydrogen (secondary N) is 1. The number of carbonyl (C=O) groups is 4. The summed E-state index contributed by atoms with van der Waals surface area (Å²) < 4.78 is 10.7. The fraction of sp³-hybridized carbons (Fsp3) is 0.590. The van der Waals surface area contributed by atoms with Crippen molar-refractivity contribution in [1.82, 2.24) is 24.5 Å². The number of carbonyl (C=O) groups excluding carboxylic acids is 4. The molecule has 2 aromatic carbocycles. The zero-order valence-corrected chi connectivity index (χ0v) is 34.8. The van der Waals surface area contributed by atoms with Crippen LogP contribution in [0.3, 0.4) is 0 Å². The average molecular weight is 879 g/mol. The first-order valence-electron chi connectivity index (χ1n) is 18.9. The second-order valence-corrected chi connectivity index (χ2v) is 16.2. The number of nitrogens with zero attached hydrogens (tertiary/aromatic N) is 5. The van der Waals surface area contributed by atoms with Crippen molar-refractivity contribution in [1.29, 1.82) is 0 Å². The number of fused-ring (bicyclic) bond motifs is 1. The van der Waals surface area contributed by atoms with Crippen LogP contribution in [-0.4, -0.2) is 145 Å². The van der Waals surface area contributed by atoms with Crippen molar-refractivity contribution in [2.45, 2.75) is 64.0 Å². The molecule has 1 atom stereocenters. The molecule has 2 aromatic rings. The molecule has 13 nitrogen and oxygen atoms in total. The first-order chi connectivity index (χ1) is 26.0. The number of hydrogen-bond acceptors (Lipinski definition) is 9. The zero-order chi connectivity index (χ0) is 38.8. The Morgan fingerprint density at radius 2 is 1.48 bits per heavy atom. The quantitative estimate of drug-likeness (QED) is 0.327. The molecule has 0 aliphatic carbocycles. The summed E-state index contributed by atoms with van der Waals surface area (Å²) in [5, 5.41) is 12.9. The Kier molecular flexibility index (Phi) is 15.4. The van der Waals surface area contributed by atoms with Crippen molar-refractivity contribution in [3.05, 3.63) is 56.5 Å². The van der Waals surface area contributed by atoms with Gasteiger partial charge in [-0.15, -0.1) is 0 Å². The molecule has 6 rings (SSSR count). The topological polar surface area (TPSA) is 135 Å². The van der Waals surface area contributed by atoms with Crippen molar-refractivity contribution in [2.24, 2.45) is 5.92 Å². The highest BCUT2D eigenvalue weighted by Gasteiger charge is 2.32. The van der Waals surface area contributed by atoms with Gasteiger partial charge < -0.3 is 39.5 Å². The summed E-state index contributed by atoms with van der Waals surface area (Å²) in [5.41, 5.74) is 3.09. The first kappa shape index (κ1) is 41.8. The number of likely N-dealkylation sites (tertiary alicyclic amines) is 2. The van der Waals surface area contributed by atoms with Crippen LogP contribution in [0.2, 0.25) is 0 Å². The molecule has 15 heteroatoms. The van der Waals surface area contributed by atoms with Gasteiger partial charge in [-0.3, -0.25) is 14.5 Å². The summed E-state index contributed by atoms with van der Waals surface area (Å²) >= 11 is 6.72. The maximum absolute atomic E-state index is 13.0. The van der Waals surface area contributed by atoms with E-state index in [0.717, 1.165) is 89.2 Å². The maximum Gasteiger partial charge on any atom is 0.409 e. The van der Waals surface area contributed by atoms with Crippen LogP contribution in [0.4, 0.5) is 15.3 Å². The number of halogens is 2. The molecule has 4 aliphatic rings. The smallest absolute Gasteiger partial charge is 0.409 e. The van der Waals surface area contributed by atoms with E-state index in [-0.39, 0.29) is 41.7 Å². The minimum Gasteiger partial charge on any atom is -0.506 e. The first-order valence-corrected chi connectivity index (χ1v) is 20.5. The fourth-order valence-corrected chi connectivity index (χ4v) is 9.16. The van der Waals surface area contributed by atoms with Crippen LogP contribution in [0.25, 0.3) is 0 Å². The van der Waals surface area contributed by atoms with Crippen LogP contribution < -0.4 is 5.32 Å². The number of piperazine rings is 1. The highest BCUT2D eigenvalue weighted by molar-refractivity contribution is 9.11. The number of phenols is 1. The van der Waals surface area contributed by atoms with Gasteiger partial charge in [-0.05, 0) is 113 Å². The standard InChI is InChI=1S/C23H33Br2N3O4.C16H21N3O3/c1-16(13-17-14-19(24)22(30)20(25)15-17)23(31)28-11-9-27(10-12-28)18-3-6-26(7-4-18)8-5-21(29)32-2;1-22-16(21)18-9-7-13(8-10-18)19-11-6-12-4-2-3-5-14(12)17-15(19)20/h14-16,18,30H,3-13H2,1-2H3;2-5,13H,6-11H2,1H3,(H,17,20)/t16-;/m1./s1. The van der Waals surface area contributed by atoms with Crippen molar-refractivity contribution in [2.75, 3.05) is 85.0 Å². The molecule has 0 spiro atoms. The van der Waals surface area contributed by atoms with E-state index in [1.54, 1.807) is 4.90 Å². The Hall–Kier alpha value is -3.40. The summed E-state index contributed by atoms with van der Waals surface area (Å²) in [4.78, 5) is 58.8. The highest BCUT2D eigenvalue weighted by atomic mass is 79.9. The van der Waals surface area contributed by atoms with Gasteiger partial charge in [-0.25, -0.2) is 9.59 Å². The number of methoxy groups -OCH3 is 2. The SMILES string of the molecule is COC(=O)CCN1CCC(N2CCN(C(=O)[C@H](C)Cc3cc(Br)c(O)c(Br)c3)CC2)CC1.COC(=O)N1CCC(N2CCc3ccccc3NC2=O)CC1. The van der Waals surface area contributed by atoms with E-state index < -0.39 is 0 Å². The summed E-state index contributed by atoms with van der Waals surface area (Å²) in [5.74, 6) is 0.122. The molecular formula is C39H54Br2N6O7. The minimum absolute atomic E-state index is 0.0403. The number of amides is 4. The van der Waals surface area contributed by atoms with Crippen LogP contribution in [0.5, 0.6) is 5.75 Å². The summed E-state index contributed by atoms with van der Waals surface area (Å²) in [6, 6.07) is 12.4. The molecule has 4 amide bonds. The van der Waals surface area contributed by atoms with E-state index in [2.05, 4.69) is 53.0 Å². The number of esters is 1. The number of para-hydroxylation sites is 1. The van der Waals surface area contributed by atoms with E-state index in [0.29, 0.717) is 47.5 Å². The third-order valence-electron chi connectivity index (χ3n) is 11.1. The number of rotatable bonds is 8. The van der Waals surface area contributed by atoms with Crippen molar-refractivity contribution in [3.8, 4) is 5.75 Å². The van der Waals surface area contributed by atoms with Crippen molar-refractivity contribution < 1.29 is 33.8 Å². The lowest BCUT2D eigenvalue weighted by atomic mass is 9.98. The number of urea groups is 1. The number of ether oxygens (including phenoxy) is 2. The molecule has 0 bridgehead atoms. The van der Waals surface area contributed by atoms with Gasteiger partial charge in [0.25, 0.3) is 0 Å². The second kappa shape index (κ2) is 20.0. The van der Waals surface area contributed by atoms with E-state index in [1.165, 1.54) is 19.8 Å². The molecule has 0 saturated carbocycles. The van der Waals surface area contributed by atoms with Crippen LogP contribution in [-0.2, 0) is 31.9 Å². The maximum atomic E-state index is 13.0. The van der Waals surface area contributed by atoms with E-state index in [4.69, 9.17) is 9.47 Å². The van der Waals surface area contributed by atoms with Crippen LogP contribution in [0.15, 0.2) is 45.3 Å². The Balaban J connectivity index is 0.000000222. The number of aromatic hydroxyl groups is 1. The predicted octanol–water partition coefficient (Wildman–Crippen LogP) is 5.57. The number of anilines is 1. The van der Waals surface area contributed by atoms with Crippen molar-refractivity contribution >= 4 is 61.5 Å². The van der Waals surface area contributed by atoms with Gasteiger partial charge in [-0.2, -0.15) is 0 Å². The third-order valence-corrected chi connectivity index (χ3v) is 12.3. The Labute approximate surface area is 335 Å². The molecule has 2 N–H and O–H groups in total. The number of piperidine rings is 2. The minimum atomic E-state index is -0.286. The molecule has 3 saturated heterocycles. The number of hydrogen-bond donors (Lipinski definition) is 2. The molecule has 0 unspecified atom stereocenters. The molecule has 296 valence electrons. The van der Waals surface area contributed by atoms with Crippen LogP contribution in [0, 0.1) is 5.92 Å². The van der Waals surface area contributed by atoms with Gasteiger partial charge in [0, 0.05) is 76.0 Å². The summed E-state index contributed by atoms with van der Waals surface area (Å²) in [6.45, 7) is 10.1. The molecule has 54 heavy (non-hydrogen) atoms. The fourth-order valence-electron chi connectivity index (χ4n) is 7.88. The van der Waals surface area contributed by atoms with Gasteiger partial charge in [0.1, 0.15) is 5.75 Å². The second-order valence-electron chi connectivity index (χ2n) is 14.5. The monoisotopic (exact) mass is 876 g/mol. The van der Waals surface area contributed by atoms with E-state index in [9.17, 15) is 24.3 Å². The van der Waals surface area contributed by atoms with Gasteiger partial charge in [0.2, 0.25) is 5.91 Å². The average Bonchev–Trinajstić information content (AvgIpc) is 3.36. The summed E-state index contributed by atoms with van der Waals surface area (Å²) in [7, 11) is 2.83. The molecule has 0 radical (unpaired) electrons. The molecular weight excluding hydrogens is 824 g/mol. The normalized spacial score (nSPS) is 19.5. The highest BCUT2D eigenvalue weighted by Crippen LogP contribution is 2.34. The van der Waals surface area contributed by atoms with Crippen LogP contribution >= 0.6 is 31.9 Å². The Morgan fingerprint density at radius 3 is 2.11 bits per heavy atom. The van der Waals surface area contributed by atoms with Gasteiger partial charge in [0.15, 0.2) is 0 Å². The molecule has 3 fully saturated rings. The molecule has 0 aromatic heterocycles. The lowest BCUT2D eigenvalue weighted by Crippen LogP contribution is -2.55. The molecule has 4 heterocycles. The van der Waals surface area contributed by atoms with Gasteiger partial charge in [0.05, 0.1) is 29.6 Å². The van der Waals surface area contributed by atoms with E-state index >= 15 is 0 Å². The lowest BCUT2D eigenvalue weighted by molar-refractivity contribution is -0.141. The number of benzene rings is 2.